The molecule has 0 radical (unpaired) electrons. The monoisotopic (exact) mass is 274 g/mol. The number of hydrogen-bond acceptors (Lipinski definition) is 3. The summed E-state index contributed by atoms with van der Waals surface area (Å²) >= 11 is 0. The first-order valence-electron chi connectivity index (χ1n) is 6.30. The third-order valence-corrected chi connectivity index (χ3v) is 3.52. The minimum atomic E-state index is -4.69. The van der Waals surface area contributed by atoms with E-state index in [1.807, 2.05) is 0 Å². The summed E-state index contributed by atoms with van der Waals surface area (Å²) in [4.78, 5) is 0. The van der Waals surface area contributed by atoms with Crippen molar-refractivity contribution in [2.75, 3.05) is 0 Å². The van der Waals surface area contributed by atoms with Crippen LogP contribution in [-0.2, 0) is 0 Å². The third-order valence-electron chi connectivity index (χ3n) is 3.52. The molecule has 1 aliphatic carbocycles. The summed E-state index contributed by atoms with van der Waals surface area (Å²) in [6.45, 7) is 0. The van der Waals surface area contributed by atoms with E-state index in [1.54, 1.807) is 12.1 Å². The fraction of sp³-hybridized carbons (Fsp3) is 0.538. The van der Waals surface area contributed by atoms with Crippen molar-refractivity contribution in [3.8, 4) is 5.75 Å². The van der Waals surface area contributed by atoms with Crippen LogP contribution in [-0.4, -0.2) is 6.36 Å². The van der Waals surface area contributed by atoms with Crippen molar-refractivity contribution in [1.29, 1.82) is 0 Å². The number of para-hydroxylation sites is 1. The van der Waals surface area contributed by atoms with Crippen LogP contribution in [0.3, 0.4) is 0 Å². The van der Waals surface area contributed by atoms with Gasteiger partial charge in [0.15, 0.2) is 0 Å². The topological polar surface area (TPSA) is 47.3 Å². The van der Waals surface area contributed by atoms with Crippen molar-refractivity contribution in [1.82, 2.24) is 5.43 Å². The van der Waals surface area contributed by atoms with E-state index in [-0.39, 0.29) is 11.8 Å². The van der Waals surface area contributed by atoms with Crippen LogP contribution in [0.2, 0.25) is 0 Å². The van der Waals surface area contributed by atoms with Gasteiger partial charge in [-0.3, -0.25) is 11.3 Å². The molecule has 1 aromatic rings. The number of halogens is 3. The predicted molar refractivity (Wildman–Crippen MR) is 65.1 cm³/mol. The van der Waals surface area contributed by atoms with Crippen LogP contribution in [0, 0.1) is 5.92 Å². The normalized spacial score (nSPS) is 17.9. The van der Waals surface area contributed by atoms with E-state index >= 15 is 0 Å². The Hall–Kier alpha value is -1.27. The maximum Gasteiger partial charge on any atom is 0.573 e. The molecule has 1 aromatic carbocycles. The lowest BCUT2D eigenvalue weighted by Crippen LogP contribution is -2.32. The van der Waals surface area contributed by atoms with Crippen molar-refractivity contribution in [2.24, 2.45) is 11.8 Å². The molecule has 0 bridgehead atoms. The highest BCUT2D eigenvalue weighted by Crippen LogP contribution is 2.38. The molecule has 0 amide bonds. The molecular formula is C13H17F3N2O. The van der Waals surface area contributed by atoms with Gasteiger partial charge < -0.3 is 4.74 Å². The summed E-state index contributed by atoms with van der Waals surface area (Å²) < 4.78 is 41.1. The van der Waals surface area contributed by atoms with Gasteiger partial charge >= 0.3 is 6.36 Å². The molecule has 1 fully saturated rings. The standard InChI is InChI=1S/C13H17F3N2O/c14-13(15,16)19-12-7-2-1-6-10(12)11(18-17)8-9-4-3-5-9/h1-2,6-7,9,11,18H,3-5,8,17H2. The predicted octanol–water partition coefficient (Wildman–Crippen LogP) is 3.28. The molecule has 3 N–H and O–H groups in total. The van der Waals surface area contributed by atoms with Crippen LogP contribution in [0.4, 0.5) is 13.2 Å². The first-order chi connectivity index (χ1) is 8.99. The Labute approximate surface area is 109 Å². The average molecular weight is 274 g/mol. The Kier molecular flexibility index (Phi) is 4.31. The number of ether oxygens (including phenoxy) is 1. The molecule has 0 heterocycles. The SMILES string of the molecule is NNC(CC1CCC1)c1ccccc1OC(F)(F)F. The molecular weight excluding hydrogens is 257 g/mol. The lowest BCUT2D eigenvalue weighted by Gasteiger charge is -2.30. The second kappa shape index (κ2) is 5.79. The van der Waals surface area contributed by atoms with Crippen LogP contribution in [0.5, 0.6) is 5.75 Å². The number of alkyl halides is 3. The number of nitrogens with one attached hydrogen (secondary N) is 1. The number of benzene rings is 1. The van der Waals surface area contributed by atoms with Gasteiger partial charge in [-0.15, -0.1) is 13.2 Å². The minimum Gasteiger partial charge on any atom is -0.405 e. The van der Waals surface area contributed by atoms with Crippen LogP contribution in [0.15, 0.2) is 24.3 Å². The average Bonchev–Trinajstić information content (AvgIpc) is 2.27. The molecule has 106 valence electrons. The molecule has 0 aromatic heterocycles. The summed E-state index contributed by atoms with van der Waals surface area (Å²) in [6, 6.07) is 5.81. The Bertz CT molecular complexity index is 419. The molecule has 2 rings (SSSR count). The Morgan fingerprint density at radius 1 is 1.32 bits per heavy atom. The molecule has 1 aliphatic rings. The molecule has 1 unspecified atom stereocenters. The maximum atomic E-state index is 12.4. The largest absolute Gasteiger partial charge is 0.573 e. The van der Waals surface area contributed by atoms with Gasteiger partial charge in [0, 0.05) is 11.6 Å². The molecule has 0 saturated heterocycles. The zero-order chi connectivity index (χ0) is 13.9. The number of nitrogens with two attached hydrogens (primary N) is 1. The Morgan fingerprint density at radius 3 is 2.53 bits per heavy atom. The quantitative estimate of drug-likeness (QED) is 0.640. The number of hydrazine groups is 1. The molecule has 0 aliphatic heterocycles. The zero-order valence-electron chi connectivity index (χ0n) is 10.4. The van der Waals surface area contributed by atoms with Gasteiger partial charge in [0.1, 0.15) is 5.75 Å². The fourth-order valence-corrected chi connectivity index (χ4v) is 2.33. The van der Waals surface area contributed by atoms with Crippen molar-refractivity contribution in [3.05, 3.63) is 29.8 Å². The Morgan fingerprint density at radius 2 is 2.00 bits per heavy atom. The molecule has 1 atom stereocenters. The lowest BCUT2D eigenvalue weighted by atomic mass is 9.79. The highest BCUT2D eigenvalue weighted by atomic mass is 19.4. The van der Waals surface area contributed by atoms with E-state index in [0.717, 1.165) is 19.3 Å². The van der Waals surface area contributed by atoms with E-state index in [9.17, 15) is 13.2 Å². The minimum absolute atomic E-state index is 0.183. The second-order valence-electron chi connectivity index (χ2n) is 4.84. The maximum absolute atomic E-state index is 12.4. The Balaban J connectivity index is 2.15. The molecule has 0 spiro atoms. The van der Waals surface area contributed by atoms with Gasteiger partial charge in [-0.2, -0.15) is 0 Å². The van der Waals surface area contributed by atoms with Gasteiger partial charge in [0.05, 0.1) is 0 Å². The van der Waals surface area contributed by atoms with Gasteiger partial charge in [-0.25, -0.2) is 0 Å². The van der Waals surface area contributed by atoms with Gasteiger partial charge in [0.2, 0.25) is 0 Å². The van der Waals surface area contributed by atoms with E-state index in [4.69, 9.17) is 5.84 Å². The van der Waals surface area contributed by atoms with Crippen molar-refractivity contribution >= 4 is 0 Å². The van der Waals surface area contributed by atoms with E-state index in [1.165, 1.54) is 18.6 Å². The second-order valence-corrected chi connectivity index (χ2v) is 4.84. The smallest absolute Gasteiger partial charge is 0.405 e. The van der Waals surface area contributed by atoms with Crippen molar-refractivity contribution in [3.63, 3.8) is 0 Å². The molecule has 6 heteroatoms. The lowest BCUT2D eigenvalue weighted by molar-refractivity contribution is -0.275. The van der Waals surface area contributed by atoms with Gasteiger partial charge in [-0.05, 0) is 18.4 Å². The zero-order valence-corrected chi connectivity index (χ0v) is 10.4. The first-order valence-corrected chi connectivity index (χ1v) is 6.30. The summed E-state index contributed by atoms with van der Waals surface area (Å²) in [5.74, 6) is 5.82. The summed E-state index contributed by atoms with van der Waals surface area (Å²) in [5, 5.41) is 0. The highest BCUT2D eigenvalue weighted by Gasteiger charge is 2.33. The van der Waals surface area contributed by atoms with Crippen molar-refractivity contribution < 1.29 is 17.9 Å². The van der Waals surface area contributed by atoms with E-state index in [2.05, 4.69) is 10.2 Å². The van der Waals surface area contributed by atoms with Gasteiger partial charge in [0.25, 0.3) is 0 Å². The van der Waals surface area contributed by atoms with E-state index in [0.29, 0.717) is 11.5 Å². The number of rotatable bonds is 5. The first kappa shape index (κ1) is 14.1. The summed E-state index contributed by atoms with van der Waals surface area (Å²) in [5.41, 5.74) is 3.05. The van der Waals surface area contributed by atoms with Gasteiger partial charge in [-0.1, -0.05) is 37.5 Å². The van der Waals surface area contributed by atoms with Crippen molar-refractivity contribution in [2.45, 2.75) is 38.1 Å². The van der Waals surface area contributed by atoms with Crippen LogP contribution < -0.4 is 16.0 Å². The van der Waals surface area contributed by atoms with Crippen LogP contribution >= 0.6 is 0 Å². The van der Waals surface area contributed by atoms with Crippen LogP contribution in [0.1, 0.15) is 37.3 Å². The number of hydrogen-bond donors (Lipinski definition) is 2. The summed E-state index contributed by atoms with van der Waals surface area (Å²) in [7, 11) is 0. The van der Waals surface area contributed by atoms with Crippen LogP contribution in [0.25, 0.3) is 0 Å². The summed E-state index contributed by atoms with van der Waals surface area (Å²) in [6.07, 6.45) is -0.552. The third kappa shape index (κ3) is 3.84. The molecule has 3 nitrogen and oxygen atoms in total. The molecule has 19 heavy (non-hydrogen) atoms. The van der Waals surface area contributed by atoms with E-state index < -0.39 is 6.36 Å². The fourth-order valence-electron chi connectivity index (χ4n) is 2.33. The highest BCUT2D eigenvalue weighted by molar-refractivity contribution is 5.36. The molecule has 1 saturated carbocycles.